The number of anilines is 2. The number of piperidine rings is 1. The summed E-state index contributed by atoms with van der Waals surface area (Å²) in [4.78, 5) is 39.0. The maximum absolute atomic E-state index is 12.7. The van der Waals surface area contributed by atoms with E-state index >= 15 is 0 Å². The summed E-state index contributed by atoms with van der Waals surface area (Å²) in [6.45, 7) is 10.8. The van der Waals surface area contributed by atoms with E-state index in [0.29, 0.717) is 36.3 Å². The molecule has 7 heteroatoms. The Morgan fingerprint density at radius 2 is 1.57 bits per heavy atom. The predicted molar refractivity (Wildman–Crippen MR) is 110 cm³/mol. The smallest absolute Gasteiger partial charge is 0.278 e. The molecule has 3 amide bonds. The molecular weight excluding hydrogens is 356 g/mol. The number of quaternary nitrogens is 1. The van der Waals surface area contributed by atoms with Crippen molar-refractivity contribution in [1.82, 2.24) is 4.90 Å². The molecular formula is C21H33N4O3+. The molecule has 1 heterocycles. The summed E-state index contributed by atoms with van der Waals surface area (Å²) in [5, 5.41) is 5.49. The van der Waals surface area contributed by atoms with Crippen LogP contribution in [0.4, 0.5) is 11.4 Å². The van der Waals surface area contributed by atoms with E-state index in [1.54, 1.807) is 29.2 Å². The van der Waals surface area contributed by atoms with Crippen LogP contribution in [0.25, 0.3) is 0 Å². The third kappa shape index (κ3) is 6.96. The predicted octanol–water partition coefficient (Wildman–Crippen LogP) is 0.993. The summed E-state index contributed by atoms with van der Waals surface area (Å²) in [6.07, 6.45) is 1.22. The second-order valence-electron chi connectivity index (χ2n) is 8.00. The maximum atomic E-state index is 12.7. The van der Waals surface area contributed by atoms with Gasteiger partial charge in [-0.15, -0.1) is 0 Å². The second-order valence-corrected chi connectivity index (χ2v) is 8.00. The van der Waals surface area contributed by atoms with E-state index in [9.17, 15) is 14.4 Å². The topological polar surface area (TPSA) is 83.0 Å². The van der Waals surface area contributed by atoms with Crippen molar-refractivity contribution in [1.29, 1.82) is 0 Å². The fourth-order valence-electron chi connectivity index (χ4n) is 3.98. The van der Waals surface area contributed by atoms with E-state index in [1.165, 1.54) is 18.2 Å². The highest BCUT2D eigenvalue weighted by Crippen LogP contribution is 2.14. The lowest BCUT2D eigenvalue weighted by Crippen LogP contribution is -3.15. The Hall–Kier alpha value is -2.41. The van der Waals surface area contributed by atoms with Crippen LogP contribution in [0.1, 0.15) is 34.1 Å². The first-order valence-electron chi connectivity index (χ1n) is 10.1. The molecule has 1 aromatic rings. The molecule has 0 saturated carbocycles. The van der Waals surface area contributed by atoms with Gasteiger partial charge in [0.15, 0.2) is 6.54 Å². The van der Waals surface area contributed by atoms with Gasteiger partial charge in [-0.2, -0.15) is 0 Å². The van der Waals surface area contributed by atoms with Gasteiger partial charge >= 0.3 is 0 Å². The van der Waals surface area contributed by atoms with Crippen LogP contribution in [0.15, 0.2) is 24.3 Å². The Balaban J connectivity index is 1.86. The number of rotatable bonds is 7. The summed E-state index contributed by atoms with van der Waals surface area (Å²) in [5.41, 5.74) is 1.30. The molecule has 1 saturated heterocycles. The summed E-state index contributed by atoms with van der Waals surface area (Å²) in [7, 11) is 0. The summed E-state index contributed by atoms with van der Waals surface area (Å²) in [6, 6.07) is 6.90. The first-order valence-corrected chi connectivity index (χ1v) is 10.1. The third-order valence-corrected chi connectivity index (χ3v) is 5.04. The Labute approximate surface area is 167 Å². The average Bonchev–Trinajstić information content (AvgIpc) is 2.60. The first-order chi connectivity index (χ1) is 13.3. The van der Waals surface area contributed by atoms with Crippen LogP contribution in [0.2, 0.25) is 0 Å². The van der Waals surface area contributed by atoms with Crippen molar-refractivity contribution in [2.75, 3.05) is 43.4 Å². The van der Waals surface area contributed by atoms with Crippen molar-refractivity contribution in [3.8, 4) is 0 Å². The quantitative estimate of drug-likeness (QED) is 0.650. The van der Waals surface area contributed by atoms with Crippen molar-refractivity contribution >= 4 is 29.1 Å². The highest BCUT2D eigenvalue weighted by atomic mass is 16.2. The van der Waals surface area contributed by atoms with Crippen LogP contribution in [0.3, 0.4) is 0 Å². The number of likely N-dealkylation sites (tertiary alicyclic amines) is 1. The Morgan fingerprint density at radius 3 is 2.07 bits per heavy atom. The zero-order valence-electron chi connectivity index (χ0n) is 17.4. The molecule has 3 N–H and O–H groups in total. The van der Waals surface area contributed by atoms with E-state index < -0.39 is 0 Å². The molecule has 1 aliphatic heterocycles. The molecule has 1 aliphatic rings. The number of nitrogens with zero attached hydrogens (tertiary/aromatic N) is 1. The molecule has 154 valence electrons. The van der Waals surface area contributed by atoms with Crippen molar-refractivity contribution in [2.24, 2.45) is 11.8 Å². The molecule has 0 radical (unpaired) electrons. The van der Waals surface area contributed by atoms with Gasteiger partial charge in [-0.25, -0.2) is 0 Å². The maximum Gasteiger partial charge on any atom is 0.278 e. The van der Waals surface area contributed by atoms with Crippen molar-refractivity contribution < 1.29 is 19.3 Å². The van der Waals surface area contributed by atoms with Gasteiger partial charge < -0.3 is 20.4 Å². The summed E-state index contributed by atoms with van der Waals surface area (Å²) < 4.78 is 0. The summed E-state index contributed by atoms with van der Waals surface area (Å²) >= 11 is 0. The number of benzene rings is 1. The standard InChI is InChI=1S/C21H32N4O3/c1-5-25(21(28)14-24-11-15(2)10-16(3)12-24)13-20(27)23-19-8-6-18(7-9-19)22-17(4)26/h6-9,15-16H,5,10-14H2,1-4H3,(H,22,26)(H,23,27)/p+1/t15-,16-/m1/s1. The minimum absolute atomic E-state index is 0.0231. The number of amides is 3. The van der Waals surface area contributed by atoms with Crippen molar-refractivity contribution in [3.05, 3.63) is 24.3 Å². The molecule has 0 unspecified atom stereocenters. The van der Waals surface area contributed by atoms with Gasteiger partial charge in [0.25, 0.3) is 5.91 Å². The number of likely N-dealkylation sites (N-methyl/N-ethyl adjacent to an activating group) is 1. The lowest BCUT2D eigenvalue weighted by molar-refractivity contribution is -0.904. The molecule has 7 nitrogen and oxygen atoms in total. The van der Waals surface area contributed by atoms with E-state index in [2.05, 4.69) is 24.5 Å². The van der Waals surface area contributed by atoms with E-state index in [4.69, 9.17) is 0 Å². The van der Waals surface area contributed by atoms with Crippen LogP contribution in [0, 0.1) is 11.8 Å². The van der Waals surface area contributed by atoms with Crippen LogP contribution in [-0.4, -0.2) is 55.3 Å². The Kier molecular flexibility index (Phi) is 7.99. The molecule has 2 atom stereocenters. The Morgan fingerprint density at radius 1 is 1.04 bits per heavy atom. The number of carbonyl (C=O) groups excluding carboxylic acids is 3. The minimum Gasteiger partial charge on any atom is -0.329 e. The largest absolute Gasteiger partial charge is 0.329 e. The average molecular weight is 390 g/mol. The normalized spacial score (nSPS) is 21.6. The lowest BCUT2D eigenvalue weighted by Gasteiger charge is -2.32. The minimum atomic E-state index is -0.224. The number of hydrogen-bond donors (Lipinski definition) is 3. The molecule has 0 aliphatic carbocycles. The van der Waals surface area contributed by atoms with Crippen molar-refractivity contribution in [3.63, 3.8) is 0 Å². The van der Waals surface area contributed by atoms with E-state index in [-0.39, 0.29) is 24.3 Å². The lowest BCUT2D eigenvalue weighted by atomic mass is 9.92. The van der Waals surface area contributed by atoms with Gasteiger partial charge in [0, 0.05) is 36.7 Å². The molecule has 2 rings (SSSR count). The highest BCUT2D eigenvalue weighted by Gasteiger charge is 2.28. The molecule has 1 aromatic carbocycles. The molecule has 1 fully saturated rings. The number of hydrogen-bond acceptors (Lipinski definition) is 3. The van der Waals surface area contributed by atoms with Gasteiger partial charge in [0.1, 0.15) is 6.54 Å². The van der Waals surface area contributed by atoms with E-state index in [0.717, 1.165) is 13.1 Å². The first kappa shape index (κ1) is 21.9. The van der Waals surface area contributed by atoms with Crippen LogP contribution < -0.4 is 15.5 Å². The molecule has 0 aromatic heterocycles. The van der Waals surface area contributed by atoms with Crippen LogP contribution >= 0.6 is 0 Å². The monoisotopic (exact) mass is 389 g/mol. The van der Waals surface area contributed by atoms with Gasteiger partial charge in [0.05, 0.1) is 13.1 Å². The van der Waals surface area contributed by atoms with Crippen LogP contribution in [0.5, 0.6) is 0 Å². The number of nitrogens with one attached hydrogen (secondary N) is 3. The molecule has 0 spiro atoms. The van der Waals surface area contributed by atoms with Crippen molar-refractivity contribution in [2.45, 2.75) is 34.1 Å². The van der Waals surface area contributed by atoms with Gasteiger partial charge in [-0.05, 0) is 37.6 Å². The van der Waals surface area contributed by atoms with Crippen LogP contribution in [-0.2, 0) is 14.4 Å². The fraction of sp³-hybridized carbons (Fsp3) is 0.571. The summed E-state index contributed by atoms with van der Waals surface area (Å²) in [5.74, 6) is 0.914. The Bertz CT molecular complexity index is 679. The highest BCUT2D eigenvalue weighted by molar-refractivity contribution is 5.95. The second kappa shape index (κ2) is 10.2. The third-order valence-electron chi connectivity index (χ3n) is 5.04. The fourth-order valence-corrected chi connectivity index (χ4v) is 3.98. The van der Waals surface area contributed by atoms with Gasteiger partial charge in [-0.3, -0.25) is 14.4 Å². The number of carbonyl (C=O) groups is 3. The molecule has 28 heavy (non-hydrogen) atoms. The van der Waals surface area contributed by atoms with Gasteiger partial charge in [0.2, 0.25) is 11.8 Å². The van der Waals surface area contributed by atoms with Gasteiger partial charge in [-0.1, -0.05) is 13.8 Å². The zero-order valence-corrected chi connectivity index (χ0v) is 17.4. The molecule has 0 bridgehead atoms. The van der Waals surface area contributed by atoms with E-state index in [1.807, 2.05) is 6.92 Å². The zero-order chi connectivity index (χ0) is 20.7. The SMILES string of the molecule is CCN(CC(=O)Nc1ccc(NC(C)=O)cc1)C(=O)C[NH+]1C[C@H](C)C[C@@H](C)C1.